The topological polar surface area (TPSA) is 107 Å². The molecule has 0 bridgehead atoms. The van der Waals surface area contributed by atoms with Crippen LogP contribution >= 0.6 is 11.6 Å². The molecule has 0 saturated heterocycles. The SMILES string of the molecule is NCCOCC(=O)Nc1cc(Cl)ccc1[N+](=O)[O-]. The van der Waals surface area contributed by atoms with E-state index in [-0.39, 0.29) is 24.6 Å². The number of nitrogens with one attached hydrogen (secondary N) is 1. The quantitative estimate of drug-likeness (QED) is 0.459. The molecular formula is C10H12ClN3O4. The van der Waals surface area contributed by atoms with Gasteiger partial charge in [-0.3, -0.25) is 14.9 Å². The summed E-state index contributed by atoms with van der Waals surface area (Å²) in [5, 5.41) is 13.4. The first kappa shape index (κ1) is 14.4. The van der Waals surface area contributed by atoms with Gasteiger partial charge >= 0.3 is 0 Å². The largest absolute Gasteiger partial charge is 0.370 e. The third kappa shape index (κ3) is 4.28. The van der Waals surface area contributed by atoms with Crippen molar-refractivity contribution < 1.29 is 14.5 Å². The lowest BCUT2D eigenvalue weighted by atomic mass is 10.2. The molecule has 0 fully saturated rings. The summed E-state index contributed by atoms with van der Waals surface area (Å²) in [7, 11) is 0. The van der Waals surface area contributed by atoms with Crippen LogP contribution in [0.1, 0.15) is 0 Å². The number of ether oxygens (including phenoxy) is 1. The van der Waals surface area contributed by atoms with E-state index in [1.54, 1.807) is 0 Å². The highest BCUT2D eigenvalue weighted by Crippen LogP contribution is 2.27. The van der Waals surface area contributed by atoms with Crippen molar-refractivity contribution in [2.24, 2.45) is 5.73 Å². The number of nitro groups is 1. The fourth-order valence-electron chi connectivity index (χ4n) is 1.20. The van der Waals surface area contributed by atoms with Gasteiger partial charge in [0, 0.05) is 17.6 Å². The Balaban J connectivity index is 2.73. The van der Waals surface area contributed by atoms with E-state index < -0.39 is 10.8 Å². The Bertz CT molecular complexity index is 453. The first-order chi connectivity index (χ1) is 8.54. The van der Waals surface area contributed by atoms with E-state index in [2.05, 4.69) is 5.32 Å². The van der Waals surface area contributed by atoms with Gasteiger partial charge in [-0.05, 0) is 12.1 Å². The van der Waals surface area contributed by atoms with Gasteiger partial charge in [-0.15, -0.1) is 0 Å². The molecule has 7 nitrogen and oxygen atoms in total. The maximum Gasteiger partial charge on any atom is 0.292 e. The molecule has 0 aliphatic rings. The number of anilines is 1. The summed E-state index contributed by atoms with van der Waals surface area (Å²) in [4.78, 5) is 21.6. The van der Waals surface area contributed by atoms with Gasteiger partial charge in [0.15, 0.2) is 0 Å². The van der Waals surface area contributed by atoms with Crippen molar-refractivity contribution in [3.05, 3.63) is 33.3 Å². The molecule has 1 amide bonds. The van der Waals surface area contributed by atoms with E-state index in [0.717, 1.165) is 0 Å². The summed E-state index contributed by atoms with van der Waals surface area (Å²) in [5.41, 5.74) is 4.99. The molecule has 0 aliphatic carbocycles. The van der Waals surface area contributed by atoms with Gasteiger partial charge in [0.05, 0.1) is 11.5 Å². The van der Waals surface area contributed by atoms with Crippen LogP contribution < -0.4 is 11.1 Å². The molecule has 0 unspecified atom stereocenters. The zero-order chi connectivity index (χ0) is 13.5. The Kier molecular flexibility index (Phi) is 5.50. The fraction of sp³-hybridized carbons (Fsp3) is 0.300. The van der Waals surface area contributed by atoms with Crippen molar-refractivity contribution in [3.63, 3.8) is 0 Å². The number of carbonyl (C=O) groups excluding carboxylic acids is 1. The molecule has 0 aliphatic heterocycles. The maximum atomic E-state index is 11.4. The normalized spacial score (nSPS) is 10.1. The molecule has 0 saturated carbocycles. The molecule has 0 radical (unpaired) electrons. The van der Waals surface area contributed by atoms with Gasteiger partial charge in [0.2, 0.25) is 0 Å². The predicted octanol–water partition coefficient (Wildman–Crippen LogP) is 1.16. The first-order valence-electron chi connectivity index (χ1n) is 5.06. The van der Waals surface area contributed by atoms with Crippen LogP contribution in [-0.2, 0) is 9.53 Å². The lowest BCUT2D eigenvalue weighted by Crippen LogP contribution is -2.21. The van der Waals surface area contributed by atoms with Crippen LogP contribution in [0.5, 0.6) is 0 Å². The van der Waals surface area contributed by atoms with Gasteiger partial charge in [-0.25, -0.2) is 0 Å². The van der Waals surface area contributed by atoms with Gasteiger partial charge in [0.1, 0.15) is 12.3 Å². The number of benzene rings is 1. The highest BCUT2D eigenvalue weighted by atomic mass is 35.5. The molecule has 1 aromatic rings. The smallest absolute Gasteiger partial charge is 0.292 e. The van der Waals surface area contributed by atoms with Crippen LogP contribution in [0.2, 0.25) is 5.02 Å². The van der Waals surface area contributed by atoms with Crippen molar-refractivity contribution in [2.75, 3.05) is 25.1 Å². The molecule has 0 heterocycles. The fourth-order valence-corrected chi connectivity index (χ4v) is 1.37. The van der Waals surface area contributed by atoms with Crippen molar-refractivity contribution in [1.82, 2.24) is 0 Å². The number of rotatable bonds is 6. The van der Waals surface area contributed by atoms with Gasteiger partial charge < -0.3 is 15.8 Å². The van der Waals surface area contributed by atoms with Crippen LogP contribution in [-0.4, -0.2) is 30.6 Å². The van der Waals surface area contributed by atoms with E-state index in [9.17, 15) is 14.9 Å². The lowest BCUT2D eigenvalue weighted by Gasteiger charge is -2.06. The molecule has 18 heavy (non-hydrogen) atoms. The molecule has 0 atom stereocenters. The number of hydrogen-bond donors (Lipinski definition) is 2. The van der Waals surface area contributed by atoms with Crippen LogP contribution in [0.25, 0.3) is 0 Å². The summed E-state index contributed by atoms with van der Waals surface area (Å²) in [6.45, 7) is 0.316. The highest BCUT2D eigenvalue weighted by Gasteiger charge is 2.16. The molecule has 1 aromatic carbocycles. The van der Waals surface area contributed by atoms with Crippen molar-refractivity contribution in [2.45, 2.75) is 0 Å². The maximum absolute atomic E-state index is 11.4. The number of nitro benzene ring substituents is 1. The Labute approximate surface area is 108 Å². The second-order valence-corrected chi connectivity index (χ2v) is 3.74. The average molecular weight is 274 g/mol. The monoisotopic (exact) mass is 273 g/mol. The number of amides is 1. The Hall–Kier alpha value is -1.70. The Morgan fingerprint density at radius 3 is 2.89 bits per heavy atom. The number of carbonyl (C=O) groups is 1. The van der Waals surface area contributed by atoms with Gasteiger partial charge in [-0.2, -0.15) is 0 Å². The van der Waals surface area contributed by atoms with E-state index >= 15 is 0 Å². The van der Waals surface area contributed by atoms with Crippen LogP contribution in [0, 0.1) is 10.1 Å². The Morgan fingerprint density at radius 1 is 1.56 bits per heavy atom. The summed E-state index contributed by atoms with van der Waals surface area (Å²) in [6.07, 6.45) is 0. The third-order valence-electron chi connectivity index (χ3n) is 1.92. The van der Waals surface area contributed by atoms with Crippen molar-refractivity contribution >= 4 is 28.9 Å². The van der Waals surface area contributed by atoms with Crippen molar-refractivity contribution in [1.29, 1.82) is 0 Å². The number of hydrogen-bond acceptors (Lipinski definition) is 5. The van der Waals surface area contributed by atoms with Crippen molar-refractivity contribution in [3.8, 4) is 0 Å². The molecule has 98 valence electrons. The molecule has 3 N–H and O–H groups in total. The minimum absolute atomic E-state index is 0.0360. The van der Waals surface area contributed by atoms with E-state index in [0.29, 0.717) is 11.6 Å². The van der Waals surface area contributed by atoms with Crippen LogP contribution in [0.3, 0.4) is 0 Å². The van der Waals surface area contributed by atoms with Crippen LogP contribution in [0.4, 0.5) is 11.4 Å². The number of nitrogens with zero attached hydrogens (tertiary/aromatic N) is 1. The summed E-state index contributed by atoms with van der Waals surface area (Å²) >= 11 is 5.71. The minimum Gasteiger partial charge on any atom is -0.370 e. The molecule has 8 heteroatoms. The first-order valence-corrected chi connectivity index (χ1v) is 5.44. The molecular weight excluding hydrogens is 262 g/mol. The Morgan fingerprint density at radius 2 is 2.28 bits per heavy atom. The number of halogens is 1. The second kappa shape index (κ2) is 6.90. The summed E-state index contributed by atoms with van der Waals surface area (Å²) in [6, 6.07) is 3.90. The standard InChI is InChI=1S/C10H12ClN3O4/c11-7-1-2-9(14(16)17)8(5-7)13-10(15)6-18-4-3-12/h1-2,5H,3-4,6,12H2,(H,13,15). The summed E-state index contributed by atoms with van der Waals surface area (Å²) < 4.78 is 4.91. The minimum atomic E-state index is -0.604. The van der Waals surface area contributed by atoms with Gasteiger partial charge in [-0.1, -0.05) is 11.6 Å². The van der Waals surface area contributed by atoms with E-state index in [1.807, 2.05) is 0 Å². The van der Waals surface area contributed by atoms with Crippen LogP contribution in [0.15, 0.2) is 18.2 Å². The molecule has 0 spiro atoms. The zero-order valence-electron chi connectivity index (χ0n) is 9.39. The second-order valence-electron chi connectivity index (χ2n) is 3.31. The molecule has 1 rings (SSSR count). The summed E-state index contributed by atoms with van der Waals surface area (Å²) in [5.74, 6) is -0.506. The highest BCUT2D eigenvalue weighted by molar-refractivity contribution is 6.31. The average Bonchev–Trinajstić information content (AvgIpc) is 2.29. The third-order valence-corrected chi connectivity index (χ3v) is 2.16. The lowest BCUT2D eigenvalue weighted by molar-refractivity contribution is -0.383. The molecule has 0 aromatic heterocycles. The van der Waals surface area contributed by atoms with Gasteiger partial charge in [0.25, 0.3) is 11.6 Å². The predicted molar refractivity (Wildman–Crippen MR) is 66.6 cm³/mol. The van der Waals surface area contributed by atoms with E-state index in [4.69, 9.17) is 22.1 Å². The zero-order valence-corrected chi connectivity index (χ0v) is 10.1. The number of nitrogens with two attached hydrogens (primary N) is 1. The van der Waals surface area contributed by atoms with E-state index in [1.165, 1.54) is 18.2 Å².